The van der Waals surface area contributed by atoms with Crippen LogP contribution in [-0.4, -0.2) is 63.9 Å². The summed E-state index contributed by atoms with van der Waals surface area (Å²) >= 11 is 0. The van der Waals surface area contributed by atoms with Crippen molar-refractivity contribution in [1.29, 1.82) is 0 Å². The molecule has 1 fully saturated rings. The molecule has 0 bridgehead atoms. The number of nitrogens with one attached hydrogen (secondary N) is 2. The van der Waals surface area contributed by atoms with Gasteiger partial charge in [0.2, 0.25) is 5.91 Å². The van der Waals surface area contributed by atoms with Crippen LogP contribution in [0, 0.1) is 5.92 Å². The Kier molecular flexibility index (Phi) is 9.77. The summed E-state index contributed by atoms with van der Waals surface area (Å²) < 4.78 is 5.52. The van der Waals surface area contributed by atoms with E-state index in [1.807, 2.05) is 71.9 Å². The SMILES string of the molecule is CC(C)CC(C(=O)NC(C)(C)C)N1CCCC(O)(C(Cc2ccccc2)NC(=O)OC(C)(C)C)C1. The predicted molar refractivity (Wildman–Crippen MR) is 140 cm³/mol. The minimum absolute atomic E-state index is 0.0184. The maximum Gasteiger partial charge on any atom is 0.407 e. The van der Waals surface area contributed by atoms with Gasteiger partial charge in [-0.2, -0.15) is 0 Å². The molecule has 2 amide bonds. The first-order valence-electron chi connectivity index (χ1n) is 12.9. The summed E-state index contributed by atoms with van der Waals surface area (Å²) in [6.07, 6.45) is 1.88. The van der Waals surface area contributed by atoms with Crippen molar-refractivity contribution in [1.82, 2.24) is 15.5 Å². The van der Waals surface area contributed by atoms with Gasteiger partial charge in [-0.15, -0.1) is 0 Å². The van der Waals surface area contributed by atoms with E-state index in [2.05, 4.69) is 29.4 Å². The monoisotopic (exact) mass is 489 g/mol. The summed E-state index contributed by atoms with van der Waals surface area (Å²) in [6, 6.07) is 8.92. The van der Waals surface area contributed by atoms with Crippen molar-refractivity contribution in [3.05, 3.63) is 35.9 Å². The van der Waals surface area contributed by atoms with Crippen LogP contribution >= 0.6 is 0 Å². The molecule has 1 heterocycles. The summed E-state index contributed by atoms with van der Waals surface area (Å²) in [6.45, 7) is 16.6. The number of β-amino-alcohol motifs (C(OH)–C–C–N with tert-alkyl or cyclic N) is 1. The summed E-state index contributed by atoms with van der Waals surface area (Å²) in [5.41, 5.74) is -1.17. The zero-order chi connectivity index (χ0) is 26.4. The third-order valence-corrected chi connectivity index (χ3v) is 6.09. The van der Waals surface area contributed by atoms with Gasteiger partial charge in [-0.25, -0.2) is 4.79 Å². The van der Waals surface area contributed by atoms with Gasteiger partial charge in [-0.3, -0.25) is 9.69 Å². The van der Waals surface area contributed by atoms with Crippen LogP contribution in [0.2, 0.25) is 0 Å². The summed E-state index contributed by atoms with van der Waals surface area (Å²) in [4.78, 5) is 28.1. The summed E-state index contributed by atoms with van der Waals surface area (Å²) in [5, 5.41) is 18.0. The van der Waals surface area contributed by atoms with Crippen LogP contribution in [0.1, 0.15) is 80.2 Å². The molecule has 1 aliphatic heterocycles. The molecule has 1 aromatic carbocycles. The van der Waals surface area contributed by atoms with Crippen molar-refractivity contribution in [2.75, 3.05) is 13.1 Å². The van der Waals surface area contributed by atoms with Crippen LogP contribution in [0.5, 0.6) is 0 Å². The molecular weight excluding hydrogens is 442 g/mol. The first-order valence-corrected chi connectivity index (χ1v) is 12.9. The number of alkyl carbamates (subject to hydrolysis) is 1. The second-order valence-electron chi connectivity index (χ2n) is 12.5. The number of aliphatic hydroxyl groups is 1. The van der Waals surface area contributed by atoms with E-state index in [1.165, 1.54) is 0 Å². The lowest BCUT2D eigenvalue weighted by molar-refractivity contribution is -0.133. The Bertz CT molecular complexity index is 829. The van der Waals surface area contributed by atoms with Crippen LogP contribution in [0.15, 0.2) is 30.3 Å². The van der Waals surface area contributed by atoms with E-state index in [-0.39, 0.29) is 17.5 Å². The van der Waals surface area contributed by atoms with E-state index in [0.717, 1.165) is 18.5 Å². The molecule has 0 spiro atoms. The average Bonchev–Trinajstić information content (AvgIpc) is 2.69. The Hall–Kier alpha value is -2.12. The van der Waals surface area contributed by atoms with Crippen molar-refractivity contribution < 1.29 is 19.4 Å². The number of benzene rings is 1. The number of carbonyl (C=O) groups excluding carboxylic acids is 2. The van der Waals surface area contributed by atoms with Crippen molar-refractivity contribution in [3.8, 4) is 0 Å². The first-order chi connectivity index (χ1) is 16.1. The van der Waals surface area contributed by atoms with Gasteiger partial charge in [-0.1, -0.05) is 44.2 Å². The molecule has 0 saturated carbocycles. The number of ether oxygens (including phenoxy) is 1. The van der Waals surface area contributed by atoms with Gasteiger partial charge in [-0.05, 0) is 85.3 Å². The molecule has 198 valence electrons. The van der Waals surface area contributed by atoms with Gasteiger partial charge in [0.1, 0.15) is 5.60 Å². The number of piperidine rings is 1. The third kappa shape index (κ3) is 9.80. The minimum atomic E-state index is -1.21. The minimum Gasteiger partial charge on any atom is -0.444 e. The van der Waals surface area contributed by atoms with Crippen LogP contribution in [0.4, 0.5) is 4.79 Å². The van der Waals surface area contributed by atoms with E-state index >= 15 is 0 Å². The van der Waals surface area contributed by atoms with E-state index in [9.17, 15) is 14.7 Å². The highest BCUT2D eigenvalue weighted by atomic mass is 16.6. The van der Waals surface area contributed by atoms with E-state index in [4.69, 9.17) is 4.74 Å². The van der Waals surface area contributed by atoms with Gasteiger partial charge < -0.3 is 20.5 Å². The molecule has 1 saturated heterocycles. The molecule has 35 heavy (non-hydrogen) atoms. The Morgan fingerprint density at radius 3 is 2.29 bits per heavy atom. The van der Waals surface area contributed by atoms with Gasteiger partial charge in [0, 0.05) is 12.1 Å². The first kappa shape index (κ1) is 29.1. The van der Waals surface area contributed by atoms with Crippen molar-refractivity contribution in [3.63, 3.8) is 0 Å². The molecule has 0 radical (unpaired) electrons. The molecule has 3 atom stereocenters. The zero-order valence-electron chi connectivity index (χ0n) is 23.0. The maximum absolute atomic E-state index is 13.3. The van der Waals surface area contributed by atoms with Crippen LogP contribution in [0.3, 0.4) is 0 Å². The fourth-order valence-electron chi connectivity index (χ4n) is 4.64. The summed E-state index contributed by atoms with van der Waals surface area (Å²) in [7, 11) is 0. The van der Waals surface area contributed by atoms with E-state index in [1.54, 1.807) is 0 Å². The Morgan fingerprint density at radius 1 is 1.11 bits per heavy atom. The number of rotatable bonds is 8. The zero-order valence-corrected chi connectivity index (χ0v) is 23.0. The van der Waals surface area contributed by atoms with E-state index < -0.39 is 23.3 Å². The predicted octanol–water partition coefficient (Wildman–Crippen LogP) is 4.28. The average molecular weight is 490 g/mol. The lowest BCUT2D eigenvalue weighted by atomic mass is 9.81. The molecule has 3 unspecified atom stereocenters. The summed E-state index contributed by atoms with van der Waals surface area (Å²) in [5.74, 6) is 0.302. The lowest BCUT2D eigenvalue weighted by Crippen LogP contribution is -2.64. The van der Waals surface area contributed by atoms with Crippen molar-refractivity contribution in [2.45, 2.75) is 110 Å². The largest absolute Gasteiger partial charge is 0.444 e. The van der Waals surface area contributed by atoms with Gasteiger partial charge in [0.15, 0.2) is 0 Å². The lowest BCUT2D eigenvalue weighted by Gasteiger charge is -2.46. The Balaban J connectivity index is 2.31. The van der Waals surface area contributed by atoms with Gasteiger partial charge in [0.05, 0.1) is 17.7 Å². The normalized spacial score (nSPS) is 21.3. The van der Waals surface area contributed by atoms with Gasteiger partial charge in [0.25, 0.3) is 0 Å². The highest BCUT2D eigenvalue weighted by Crippen LogP contribution is 2.30. The number of hydrogen-bond donors (Lipinski definition) is 3. The van der Waals surface area contributed by atoms with Crippen LogP contribution < -0.4 is 10.6 Å². The second kappa shape index (κ2) is 11.7. The highest BCUT2D eigenvalue weighted by Gasteiger charge is 2.44. The maximum atomic E-state index is 13.3. The van der Waals surface area contributed by atoms with E-state index in [0.29, 0.717) is 31.7 Å². The second-order valence-corrected chi connectivity index (χ2v) is 12.5. The molecule has 0 aliphatic carbocycles. The number of nitrogens with zero attached hydrogens (tertiary/aromatic N) is 1. The Labute approximate surface area is 212 Å². The molecule has 3 N–H and O–H groups in total. The molecule has 7 heteroatoms. The fraction of sp³-hybridized carbons (Fsp3) is 0.714. The number of hydrogen-bond acceptors (Lipinski definition) is 5. The van der Waals surface area contributed by atoms with Crippen LogP contribution in [-0.2, 0) is 16.0 Å². The number of carbonyl (C=O) groups is 2. The molecule has 0 aromatic heterocycles. The molecule has 2 rings (SSSR count). The number of amides is 2. The third-order valence-electron chi connectivity index (χ3n) is 6.09. The van der Waals surface area contributed by atoms with Crippen LogP contribution in [0.25, 0.3) is 0 Å². The highest BCUT2D eigenvalue weighted by molar-refractivity contribution is 5.82. The Morgan fingerprint density at radius 2 is 1.74 bits per heavy atom. The molecular formula is C28H47N3O4. The molecule has 1 aliphatic rings. The van der Waals surface area contributed by atoms with Crippen molar-refractivity contribution in [2.24, 2.45) is 5.92 Å². The standard InChI is InChI=1S/C28H47N3O4/c1-20(2)17-22(24(32)30-26(3,4)5)31-16-12-15-28(34,19-31)23(18-21-13-10-9-11-14-21)29-25(33)35-27(6,7)8/h9-11,13-14,20,22-23,34H,12,15-19H2,1-8H3,(H,29,33)(H,30,32). The molecule has 7 nitrogen and oxygen atoms in total. The number of likely N-dealkylation sites (tertiary alicyclic amines) is 1. The van der Waals surface area contributed by atoms with Gasteiger partial charge >= 0.3 is 6.09 Å². The quantitative estimate of drug-likeness (QED) is 0.507. The smallest absolute Gasteiger partial charge is 0.407 e. The van der Waals surface area contributed by atoms with Crippen molar-refractivity contribution >= 4 is 12.0 Å². The topological polar surface area (TPSA) is 90.9 Å². The fourth-order valence-corrected chi connectivity index (χ4v) is 4.64. The molecule has 1 aromatic rings.